The van der Waals surface area contributed by atoms with Gasteiger partial charge in [0.1, 0.15) is 10.5 Å². The van der Waals surface area contributed by atoms with E-state index in [1.54, 1.807) is 31.2 Å². The SMILES string of the molecule is Cc1ccccc1-c1c2ccc(=N)c(S(=O)(=O)O)c-2oc2cc(N)c(S(=O)(=O)O)cc12. The molecular weight excluding hydrogens is 444 g/mol. The third kappa shape index (κ3) is 3.47. The topological polar surface area (TPSA) is 172 Å². The van der Waals surface area contributed by atoms with Gasteiger partial charge in [-0.1, -0.05) is 24.3 Å². The molecule has 2 aromatic carbocycles. The number of nitrogens with two attached hydrogens (primary N) is 1. The molecule has 11 heteroatoms. The van der Waals surface area contributed by atoms with Crippen LogP contribution in [0.3, 0.4) is 0 Å². The first-order chi connectivity index (χ1) is 14.4. The molecule has 1 heterocycles. The van der Waals surface area contributed by atoms with Crippen molar-refractivity contribution >= 4 is 36.9 Å². The number of hydrogen-bond donors (Lipinski definition) is 4. The van der Waals surface area contributed by atoms with E-state index < -0.39 is 35.4 Å². The fraction of sp³-hybridized carbons (Fsp3) is 0.0500. The third-order valence-electron chi connectivity index (χ3n) is 4.93. The maximum absolute atomic E-state index is 12.0. The highest BCUT2D eigenvalue weighted by atomic mass is 32.2. The van der Waals surface area contributed by atoms with Crippen molar-refractivity contribution in [1.82, 2.24) is 0 Å². The summed E-state index contributed by atoms with van der Waals surface area (Å²) in [5, 5.41) is 7.72. The minimum Gasteiger partial charge on any atom is -0.454 e. The van der Waals surface area contributed by atoms with Gasteiger partial charge >= 0.3 is 0 Å². The summed E-state index contributed by atoms with van der Waals surface area (Å²) in [7, 11) is -9.49. The van der Waals surface area contributed by atoms with Crippen LogP contribution in [0.5, 0.6) is 0 Å². The lowest BCUT2D eigenvalue weighted by atomic mass is 9.91. The van der Waals surface area contributed by atoms with Gasteiger partial charge in [-0.3, -0.25) is 14.5 Å². The summed E-state index contributed by atoms with van der Waals surface area (Å²) in [6.45, 7) is 1.81. The van der Waals surface area contributed by atoms with Crippen LogP contribution >= 0.6 is 0 Å². The Balaban J connectivity index is 2.33. The van der Waals surface area contributed by atoms with E-state index in [2.05, 4.69) is 0 Å². The molecular formula is C20H16N2O7S2. The van der Waals surface area contributed by atoms with Crippen molar-refractivity contribution in [3.63, 3.8) is 0 Å². The summed E-state index contributed by atoms with van der Waals surface area (Å²) in [4.78, 5) is -1.25. The minimum atomic E-state index is -4.83. The fourth-order valence-electron chi connectivity index (χ4n) is 3.59. The Morgan fingerprint density at radius 1 is 0.935 bits per heavy atom. The Hall–Kier alpha value is -3.25. The van der Waals surface area contributed by atoms with Gasteiger partial charge in [-0.05, 0) is 36.2 Å². The Morgan fingerprint density at radius 2 is 1.61 bits per heavy atom. The number of nitrogens with one attached hydrogen (secondary N) is 1. The highest BCUT2D eigenvalue weighted by Gasteiger charge is 2.28. The van der Waals surface area contributed by atoms with Crippen LogP contribution < -0.4 is 11.1 Å². The van der Waals surface area contributed by atoms with Crippen LogP contribution in [-0.4, -0.2) is 25.9 Å². The number of rotatable bonds is 3. The average Bonchev–Trinajstić information content (AvgIpc) is 2.64. The Labute approximate surface area is 177 Å². The lowest BCUT2D eigenvalue weighted by Crippen LogP contribution is -2.16. The first-order valence-electron chi connectivity index (χ1n) is 8.78. The molecule has 31 heavy (non-hydrogen) atoms. The number of fused-ring (bicyclic) bond motifs is 2. The molecule has 160 valence electrons. The van der Waals surface area contributed by atoms with Crippen LogP contribution in [0.2, 0.25) is 0 Å². The van der Waals surface area contributed by atoms with E-state index in [9.17, 15) is 25.9 Å². The van der Waals surface area contributed by atoms with E-state index in [1.165, 1.54) is 12.1 Å². The van der Waals surface area contributed by atoms with E-state index in [0.29, 0.717) is 11.1 Å². The molecule has 0 unspecified atom stereocenters. The van der Waals surface area contributed by atoms with E-state index in [0.717, 1.165) is 17.7 Å². The van der Waals surface area contributed by atoms with E-state index >= 15 is 0 Å². The van der Waals surface area contributed by atoms with Crippen LogP contribution in [0.1, 0.15) is 5.56 Å². The molecule has 2 aromatic rings. The normalized spacial score (nSPS) is 12.5. The van der Waals surface area contributed by atoms with E-state index in [1.807, 2.05) is 0 Å². The third-order valence-corrected chi connectivity index (χ3v) is 6.76. The predicted molar refractivity (Wildman–Crippen MR) is 113 cm³/mol. The molecule has 0 atom stereocenters. The first kappa shape index (κ1) is 21.0. The standard InChI is InChI=1S/C20H16N2O7S2/c1-10-4-2-3-5-11(10)18-12-6-7-14(21)20(31(26,27)28)19(12)29-16-9-15(22)17(8-13(16)18)30(23,24)25/h2-9,21H,22H2,1H3,(H,23,24,25)(H,26,27,28). The number of anilines is 1. The van der Waals surface area contributed by atoms with Crippen LogP contribution in [0, 0.1) is 12.3 Å². The maximum atomic E-state index is 12.0. The first-order valence-corrected chi connectivity index (χ1v) is 11.7. The molecule has 9 nitrogen and oxygen atoms in total. The van der Waals surface area contributed by atoms with Gasteiger partial charge in [0.2, 0.25) is 0 Å². The second kappa shape index (κ2) is 6.89. The zero-order valence-electron chi connectivity index (χ0n) is 15.9. The maximum Gasteiger partial charge on any atom is 0.300 e. The number of aryl methyl sites for hydroxylation is 1. The van der Waals surface area contributed by atoms with Gasteiger partial charge in [-0.2, -0.15) is 16.8 Å². The zero-order valence-corrected chi connectivity index (χ0v) is 17.6. The molecule has 0 spiro atoms. The monoisotopic (exact) mass is 460 g/mol. The van der Waals surface area contributed by atoms with Crippen LogP contribution in [-0.2, 0) is 20.2 Å². The van der Waals surface area contributed by atoms with Crippen molar-refractivity contribution in [1.29, 1.82) is 5.41 Å². The van der Waals surface area contributed by atoms with Gasteiger partial charge in [-0.25, -0.2) is 0 Å². The second-order valence-corrected chi connectivity index (χ2v) is 9.70. The van der Waals surface area contributed by atoms with E-state index in [4.69, 9.17) is 15.6 Å². The van der Waals surface area contributed by atoms with Gasteiger partial charge in [-0.15, -0.1) is 0 Å². The second-order valence-electron chi connectivity index (χ2n) is 6.95. The van der Waals surface area contributed by atoms with Crippen LogP contribution in [0.25, 0.3) is 33.4 Å². The minimum absolute atomic E-state index is 0.00570. The van der Waals surface area contributed by atoms with Crippen molar-refractivity contribution in [3.8, 4) is 22.5 Å². The van der Waals surface area contributed by atoms with Crippen LogP contribution in [0.15, 0.2) is 62.7 Å². The van der Waals surface area contributed by atoms with Gasteiger partial charge in [0.15, 0.2) is 10.7 Å². The van der Waals surface area contributed by atoms with Gasteiger partial charge < -0.3 is 10.2 Å². The predicted octanol–water partition coefficient (Wildman–Crippen LogP) is 3.07. The molecule has 0 bridgehead atoms. The van der Waals surface area contributed by atoms with Gasteiger partial charge in [0.25, 0.3) is 20.2 Å². The molecule has 0 radical (unpaired) electrons. The lowest BCUT2D eigenvalue weighted by Gasteiger charge is -2.19. The molecule has 1 aliphatic heterocycles. The Bertz CT molecular complexity index is 1620. The molecule has 0 amide bonds. The highest BCUT2D eigenvalue weighted by molar-refractivity contribution is 7.86. The van der Waals surface area contributed by atoms with Crippen molar-refractivity contribution in [2.24, 2.45) is 0 Å². The Morgan fingerprint density at radius 3 is 2.23 bits per heavy atom. The number of hydrogen-bond acceptors (Lipinski definition) is 7. The number of nitrogen functional groups attached to an aromatic ring is 1. The van der Waals surface area contributed by atoms with Crippen molar-refractivity contribution < 1.29 is 30.4 Å². The molecule has 0 saturated heterocycles. The highest BCUT2D eigenvalue weighted by Crippen LogP contribution is 2.44. The molecule has 0 saturated carbocycles. The van der Waals surface area contributed by atoms with Crippen molar-refractivity contribution in [3.05, 3.63) is 59.5 Å². The van der Waals surface area contributed by atoms with Crippen LogP contribution in [0.4, 0.5) is 5.69 Å². The van der Waals surface area contributed by atoms with Crippen molar-refractivity contribution in [2.75, 3.05) is 5.73 Å². The summed E-state index contributed by atoms with van der Waals surface area (Å²) in [5.41, 5.74) is 7.49. The van der Waals surface area contributed by atoms with Gasteiger partial charge in [0.05, 0.1) is 11.0 Å². The lowest BCUT2D eigenvalue weighted by molar-refractivity contribution is 0.477. The summed E-state index contributed by atoms with van der Waals surface area (Å²) >= 11 is 0. The smallest absolute Gasteiger partial charge is 0.300 e. The molecule has 4 rings (SSSR count). The van der Waals surface area contributed by atoms with E-state index in [-0.39, 0.29) is 28.0 Å². The zero-order chi connectivity index (χ0) is 22.7. The summed E-state index contributed by atoms with van der Waals surface area (Å²) in [5.74, 6) is -0.278. The molecule has 5 N–H and O–H groups in total. The summed E-state index contributed by atoms with van der Waals surface area (Å²) < 4.78 is 72.7. The molecule has 2 aliphatic rings. The fourth-order valence-corrected chi connectivity index (χ4v) is 4.95. The number of benzene rings is 3. The Kier molecular flexibility index (Phi) is 4.67. The molecule has 0 aromatic heterocycles. The quantitative estimate of drug-likeness (QED) is 0.205. The average molecular weight is 460 g/mol. The summed E-state index contributed by atoms with van der Waals surface area (Å²) in [6, 6.07) is 12.0. The van der Waals surface area contributed by atoms with Gasteiger partial charge in [0, 0.05) is 22.6 Å². The molecule has 1 aliphatic carbocycles. The summed E-state index contributed by atoms with van der Waals surface area (Å²) in [6.07, 6.45) is 0. The van der Waals surface area contributed by atoms with Crippen molar-refractivity contribution in [2.45, 2.75) is 16.7 Å². The largest absolute Gasteiger partial charge is 0.454 e. The molecule has 0 fully saturated rings.